The molecule has 1 amide bonds. The lowest BCUT2D eigenvalue weighted by atomic mass is 9.94. The summed E-state index contributed by atoms with van der Waals surface area (Å²) in [5.41, 5.74) is -0.629. The molecule has 1 aliphatic heterocycles. The van der Waals surface area contributed by atoms with Gasteiger partial charge in [0.1, 0.15) is 4.88 Å². The number of amides is 1. The number of hydrogen-bond acceptors (Lipinski definition) is 3. The summed E-state index contributed by atoms with van der Waals surface area (Å²) in [6.45, 7) is 3.01. The Morgan fingerprint density at radius 2 is 2.19 bits per heavy atom. The SMILES string of the molecule is CC1(O)CCN(C(=O)c2sccc2Cl)CC1. The van der Waals surface area contributed by atoms with E-state index in [1.54, 1.807) is 11.0 Å². The molecule has 1 fully saturated rings. The number of likely N-dealkylation sites (tertiary alicyclic amines) is 1. The van der Waals surface area contributed by atoms with Crippen molar-refractivity contribution in [1.82, 2.24) is 4.90 Å². The molecule has 0 saturated carbocycles. The molecule has 0 aliphatic carbocycles. The van der Waals surface area contributed by atoms with Crippen molar-refractivity contribution in [2.24, 2.45) is 0 Å². The Bertz CT molecular complexity index is 392. The van der Waals surface area contributed by atoms with Gasteiger partial charge in [-0.15, -0.1) is 11.3 Å². The number of rotatable bonds is 1. The van der Waals surface area contributed by atoms with Crippen LogP contribution in [-0.4, -0.2) is 34.6 Å². The first-order valence-corrected chi connectivity index (χ1v) is 6.50. The smallest absolute Gasteiger partial charge is 0.265 e. The van der Waals surface area contributed by atoms with Gasteiger partial charge in [-0.2, -0.15) is 0 Å². The highest BCUT2D eigenvalue weighted by molar-refractivity contribution is 7.12. The van der Waals surface area contributed by atoms with Gasteiger partial charge in [0.05, 0.1) is 10.6 Å². The molecule has 1 saturated heterocycles. The molecule has 2 heterocycles. The Balaban J connectivity index is 2.05. The molecule has 0 atom stereocenters. The largest absolute Gasteiger partial charge is 0.390 e. The highest BCUT2D eigenvalue weighted by Gasteiger charge is 2.30. The summed E-state index contributed by atoms with van der Waals surface area (Å²) in [5, 5.41) is 12.1. The van der Waals surface area contributed by atoms with Gasteiger partial charge in [0, 0.05) is 13.1 Å². The maximum absolute atomic E-state index is 12.1. The van der Waals surface area contributed by atoms with E-state index in [0.717, 1.165) is 0 Å². The van der Waals surface area contributed by atoms with E-state index in [0.29, 0.717) is 35.8 Å². The number of halogens is 1. The van der Waals surface area contributed by atoms with E-state index >= 15 is 0 Å². The minimum absolute atomic E-state index is 0.0181. The lowest BCUT2D eigenvalue weighted by molar-refractivity contribution is -0.00187. The molecule has 2 rings (SSSR count). The van der Waals surface area contributed by atoms with E-state index in [1.807, 2.05) is 12.3 Å². The van der Waals surface area contributed by atoms with Crippen LogP contribution in [0, 0.1) is 0 Å². The maximum Gasteiger partial charge on any atom is 0.265 e. The fraction of sp³-hybridized carbons (Fsp3) is 0.545. The van der Waals surface area contributed by atoms with Crippen LogP contribution in [0.1, 0.15) is 29.4 Å². The predicted molar refractivity (Wildman–Crippen MR) is 65.1 cm³/mol. The van der Waals surface area contributed by atoms with E-state index in [4.69, 9.17) is 11.6 Å². The number of carbonyl (C=O) groups is 1. The number of thiophene rings is 1. The molecule has 0 spiro atoms. The van der Waals surface area contributed by atoms with Crippen LogP contribution in [0.5, 0.6) is 0 Å². The lowest BCUT2D eigenvalue weighted by Crippen LogP contribution is -2.45. The van der Waals surface area contributed by atoms with Crippen molar-refractivity contribution in [3.8, 4) is 0 Å². The van der Waals surface area contributed by atoms with Crippen molar-refractivity contribution in [3.63, 3.8) is 0 Å². The molecular weight excluding hydrogens is 246 g/mol. The molecule has 1 N–H and O–H groups in total. The second-order valence-electron chi connectivity index (χ2n) is 4.39. The second kappa shape index (κ2) is 4.35. The first-order chi connectivity index (χ1) is 7.49. The average molecular weight is 260 g/mol. The van der Waals surface area contributed by atoms with Crippen molar-refractivity contribution in [2.75, 3.05) is 13.1 Å². The van der Waals surface area contributed by atoms with E-state index in [-0.39, 0.29) is 5.91 Å². The van der Waals surface area contributed by atoms with Crippen LogP contribution in [0.3, 0.4) is 0 Å². The summed E-state index contributed by atoms with van der Waals surface area (Å²) < 4.78 is 0. The minimum Gasteiger partial charge on any atom is -0.390 e. The van der Waals surface area contributed by atoms with Crippen molar-refractivity contribution >= 4 is 28.8 Å². The van der Waals surface area contributed by atoms with E-state index < -0.39 is 5.60 Å². The first kappa shape index (κ1) is 11.9. The van der Waals surface area contributed by atoms with Gasteiger partial charge >= 0.3 is 0 Å². The van der Waals surface area contributed by atoms with Crippen LogP contribution in [-0.2, 0) is 0 Å². The van der Waals surface area contributed by atoms with Gasteiger partial charge in [0.15, 0.2) is 0 Å². The zero-order valence-corrected chi connectivity index (χ0v) is 10.6. The molecule has 16 heavy (non-hydrogen) atoms. The van der Waals surface area contributed by atoms with E-state index in [1.165, 1.54) is 11.3 Å². The second-order valence-corrected chi connectivity index (χ2v) is 5.71. The fourth-order valence-electron chi connectivity index (χ4n) is 1.78. The molecular formula is C11H14ClNO2S. The predicted octanol–water partition coefficient (Wildman–Crippen LogP) is 2.39. The number of nitrogens with zero attached hydrogens (tertiary/aromatic N) is 1. The van der Waals surface area contributed by atoms with E-state index in [2.05, 4.69) is 0 Å². The van der Waals surface area contributed by atoms with Gasteiger partial charge in [-0.05, 0) is 31.2 Å². The van der Waals surface area contributed by atoms with Crippen LogP contribution in [0.15, 0.2) is 11.4 Å². The number of piperidine rings is 1. The number of aliphatic hydroxyl groups is 1. The molecule has 1 aliphatic rings. The topological polar surface area (TPSA) is 40.5 Å². The Labute approximate surface area is 104 Å². The third-order valence-corrected chi connectivity index (χ3v) is 4.27. The van der Waals surface area contributed by atoms with Gasteiger partial charge in [-0.1, -0.05) is 11.6 Å². The van der Waals surface area contributed by atoms with Crippen molar-refractivity contribution in [3.05, 3.63) is 21.3 Å². The van der Waals surface area contributed by atoms with Gasteiger partial charge in [0.2, 0.25) is 0 Å². The summed E-state index contributed by atoms with van der Waals surface area (Å²) in [4.78, 5) is 14.4. The van der Waals surface area contributed by atoms with E-state index in [9.17, 15) is 9.90 Å². The van der Waals surface area contributed by atoms with Crippen LogP contribution in [0.25, 0.3) is 0 Å². The summed E-state index contributed by atoms with van der Waals surface area (Å²) in [7, 11) is 0. The van der Waals surface area contributed by atoms with Crippen LogP contribution < -0.4 is 0 Å². The minimum atomic E-state index is -0.629. The Hall–Kier alpha value is -0.580. The summed E-state index contributed by atoms with van der Waals surface area (Å²) in [5.74, 6) is -0.0181. The zero-order chi connectivity index (χ0) is 11.8. The lowest BCUT2D eigenvalue weighted by Gasteiger charge is -2.35. The van der Waals surface area contributed by atoms with Crippen molar-refractivity contribution < 1.29 is 9.90 Å². The third kappa shape index (κ3) is 2.39. The normalized spacial score (nSPS) is 19.8. The monoisotopic (exact) mass is 259 g/mol. The molecule has 0 bridgehead atoms. The van der Waals surface area contributed by atoms with Gasteiger partial charge in [0.25, 0.3) is 5.91 Å². The first-order valence-electron chi connectivity index (χ1n) is 5.24. The summed E-state index contributed by atoms with van der Waals surface area (Å²) in [6, 6.07) is 1.74. The summed E-state index contributed by atoms with van der Waals surface area (Å²) in [6.07, 6.45) is 1.25. The van der Waals surface area contributed by atoms with Gasteiger partial charge < -0.3 is 10.0 Å². The number of hydrogen-bond donors (Lipinski definition) is 1. The van der Waals surface area contributed by atoms with Crippen LogP contribution >= 0.6 is 22.9 Å². The molecule has 1 aromatic heterocycles. The average Bonchev–Trinajstić information content (AvgIpc) is 2.63. The van der Waals surface area contributed by atoms with Crippen LogP contribution in [0.2, 0.25) is 5.02 Å². The molecule has 5 heteroatoms. The van der Waals surface area contributed by atoms with Crippen LogP contribution in [0.4, 0.5) is 0 Å². The molecule has 1 aromatic rings. The molecule has 0 aromatic carbocycles. The number of carbonyl (C=O) groups excluding carboxylic acids is 1. The molecule has 0 unspecified atom stereocenters. The zero-order valence-electron chi connectivity index (χ0n) is 9.07. The molecule has 88 valence electrons. The summed E-state index contributed by atoms with van der Waals surface area (Å²) >= 11 is 7.29. The molecule has 0 radical (unpaired) electrons. The fourth-order valence-corrected chi connectivity index (χ4v) is 2.88. The third-order valence-electron chi connectivity index (χ3n) is 2.94. The Kier molecular flexibility index (Phi) is 3.24. The molecule has 3 nitrogen and oxygen atoms in total. The van der Waals surface area contributed by atoms with Crippen molar-refractivity contribution in [2.45, 2.75) is 25.4 Å². The highest BCUT2D eigenvalue weighted by Crippen LogP contribution is 2.27. The highest BCUT2D eigenvalue weighted by atomic mass is 35.5. The maximum atomic E-state index is 12.1. The Morgan fingerprint density at radius 1 is 1.56 bits per heavy atom. The quantitative estimate of drug-likeness (QED) is 0.841. The standard InChI is InChI=1S/C11H14ClNO2S/c1-11(15)3-5-13(6-4-11)10(14)9-8(12)2-7-16-9/h2,7,15H,3-6H2,1H3. The van der Waals surface area contributed by atoms with Gasteiger partial charge in [-0.25, -0.2) is 0 Å². The van der Waals surface area contributed by atoms with Crippen molar-refractivity contribution in [1.29, 1.82) is 0 Å². The Morgan fingerprint density at radius 3 is 2.69 bits per heavy atom. The van der Waals surface area contributed by atoms with Gasteiger partial charge in [-0.3, -0.25) is 4.79 Å².